The number of hydrogen-bond donors (Lipinski definition) is 4. The number of aliphatic hydroxyl groups is 4. The molecule has 0 spiro atoms. The van der Waals surface area contributed by atoms with Crippen LogP contribution in [0.4, 0.5) is 0 Å². The van der Waals surface area contributed by atoms with Gasteiger partial charge < -0.3 is 34.6 Å². The molecule has 1 aliphatic carbocycles. The molecule has 5 atom stereocenters. The lowest BCUT2D eigenvalue weighted by Gasteiger charge is -2.42. The minimum Gasteiger partial charge on any atom is -0.512 e. The molecule has 0 aromatic rings. The summed E-state index contributed by atoms with van der Waals surface area (Å²) < 4.78 is 16.9. The normalized spacial score (nSPS) is 34.7. The Kier molecular flexibility index (Phi) is 6.86. The van der Waals surface area contributed by atoms with Crippen molar-refractivity contribution in [3.05, 3.63) is 23.7 Å². The number of allylic oxidation sites excluding steroid dienone is 4. The SMILES string of the molecule is CCCCOC1OC(CO)C(O)C(O)C1OC1=CC=C(O)CC1. The van der Waals surface area contributed by atoms with Gasteiger partial charge in [0.25, 0.3) is 0 Å². The summed E-state index contributed by atoms with van der Waals surface area (Å²) in [6.07, 6.45) is 0.690. The van der Waals surface area contributed by atoms with Gasteiger partial charge in [0.05, 0.1) is 18.1 Å². The number of unbranched alkanes of at least 4 members (excludes halogenated alkanes) is 1. The van der Waals surface area contributed by atoms with Crippen LogP contribution in [0.2, 0.25) is 0 Å². The van der Waals surface area contributed by atoms with Crippen LogP contribution in [0.5, 0.6) is 0 Å². The summed E-state index contributed by atoms with van der Waals surface area (Å²) >= 11 is 0. The summed E-state index contributed by atoms with van der Waals surface area (Å²) in [5.41, 5.74) is 0. The fourth-order valence-electron chi connectivity index (χ4n) is 2.54. The molecule has 7 heteroatoms. The highest BCUT2D eigenvalue weighted by Crippen LogP contribution is 2.28. The summed E-state index contributed by atoms with van der Waals surface area (Å²) in [6, 6.07) is 0. The zero-order valence-corrected chi connectivity index (χ0v) is 13.3. The minimum absolute atomic E-state index is 0.272. The van der Waals surface area contributed by atoms with Crippen LogP contribution >= 0.6 is 0 Å². The van der Waals surface area contributed by atoms with E-state index >= 15 is 0 Å². The Labute approximate surface area is 135 Å². The highest BCUT2D eigenvalue weighted by Gasteiger charge is 2.46. The Morgan fingerprint density at radius 1 is 1.22 bits per heavy atom. The van der Waals surface area contributed by atoms with E-state index in [0.717, 1.165) is 12.8 Å². The summed E-state index contributed by atoms with van der Waals surface area (Å²) in [7, 11) is 0. The van der Waals surface area contributed by atoms with Crippen molar-refractivity contribution in [1.29, 1.82) is 0 Å². The smallest absolute Gasteiger partial charge is 0.197 e. The van der Waals surface area contributed by atoms with Crippen LogP contribution in [0.25, 0.3) is 0 Å². The number of ether oxygens (including phenoxy) is 3. The summed E-state index contributed by atoms with van der Waals surface area (Å²) in [5, 5.41) is 39.0. The standard InChI is InChI=1S/C16H26O7/c1-2-3-8-21-16-15(14(20)13(19)12(9-17)23-16)22-11-6-4-10(18)5-7-11/h4,6,12-20H,2-3,5,7-9H2,1H3. The largest absolute Gasteiger partial charge is 0.512 e. The third-order valence-electron chi connectivity index (χ3n) is 3.98. The lowest BCUT2D eigenvalue weighted by molar-refractivity contribution is -0.304. The van der Waals surface area contributed by atoms with Crippen molar-refractivity contribution in [1.82, 2.24) is 0 Å². The fourth-order valence-corrected chi connectivity index (χ4v) is 2.54. The molecule has 0 aromatic heterocycles. The van der Waals surface area contributed by atoms with E-state index in [0.29, 0.717) is 25.2 Å². The Morgan fingerprint density at radius 3 is 2.61 bits per heavy atom. The van der Waals surface area contributed by atoms with Crippen LogP contribution < -0.4 is 0 Å². The predicted octanol–water partition coefficient (Wildman–Crippen LogP) is 0.747. The van der Waals surface area contributed by atoms with E-state index in [4.69, 9.17) is 14.2 Å². The highest BCUT2D eigenvalue weighted by atomic mass is 16.7. The average Bonchev–Trinajstić information content (AvgIpc) is 2.56. The van der Waals surface area contributed by atoms with Gasteiger partial charge in [0, 0.05) is 19.4 Å². The summed E-state index contributed by atoms with van der Waals surface area (Å²) in [6.45, 7) is 2.04. The van der Waals surface area contributed by atoms with Crippen LogP contribution in [-0.4, -0.2) is 64.3 Å². The van der Waals surface area contributed by atoms with E-state index in [1.807, 2.05) is 6.92 Å². The van der Waals surface area contributed by atoms with Gasteiger partial charge in [-0.2, -0.15) is 0 Å². The van der Waals surface area contributed by atoms with Crippen LogP contribution in [0.3, 0.4) is 0 Å². The first-order chi connectivity index (χ1) is 11.1. The number of hydrogen-bond acceptors (Lipinski definition) is 7. The second kappa shape index (κ2) is 8.65. The maximum atomic E-state index is 10.3. The molecule has 0 saturated carbocycles. The Balaban J connectivity index is 2.07. The molecule has 0 aromatic carbocycles. The van der Waals surface area contributed by atoms with E-state index in [2.05, 4.69) is 0 Å². The van der Waals surface area contributed by atoms with Crippen molar-refractivity contribution in [3.63, 3.8) is 0 Å². The zero-order chi connectivity index (χ0) is 16.8. The molecule has 5 unspecified atom stereocenters. The molecule has 23 heavy (non-hydrogen) atoms. The molecule has 2 aliphatic rings. The van der Waals surface area contributed by atoms with Gasteiger partial charge in [0.15, 0.2) is 12.4 Å². The minimum atomic E-state index is -1.26. The molecule has 7 nitrogen and oxygen atoms in total. The lowest BCUT2D eigenvalue weighted by atomic mass is 9.98. The topological polar surface area (TPSA) is 109 Å². The van der Waals surface area contributed by atoms with Crippen LogP contribution in [0, 0.1) is 0 Å². The predicted molar refractivity (Wildman–Crippen MR) is 81.5 cm³/mol. The first-order valence-corrected chi connectivity index (χ1v) is 8.06. The van der Waals surface area contributed by atoms with E-state index in [1.165, 1.54) is 6.08 Å². The monoisotopic (exact) mass is 330 g/mol. The Morgan fingerprint density at radius 2 is 2.00 bits per heavy atom. The lowest BCUT2D eigenvalue weighted by Crippen LogP contribution is -2.60. The second-order valence-corrected chi connectivity index (χ2v) is 5.80. The molecule has 1 heterocycles. The van der Waals surface area contributed by atoms with E-state index in [1.54, 1.807) is 6.08 Å². The van der Waals surface area contributed by atoms with Gasteiger partial charge in [-0.05, 0) is 18.6 Å². The van der Waals surface area contributed by atoms with E-state index < -0.39 is 37.3 Å². The van der Waals surface area contributed by atoms with E-state index in [9.17, 15) is 20.4 Å². The van der Waals surface area contributed by atoms with Gasteiger partial charge >= 0.3 is 0 Å². The molecule has 1 saturated heterocycles. The quantitative estimate of drug-likeness (QED) is 0.510. The maximum Gasteiger partial charge on any atom is 0.197 e. The first-order valence-electron chi connectivity index (χ1n) is 8.06. The van der Waals surface area contributed by atoms with E-state index in [-0.39, 0.29) is 5.76 Å². The van der Waals surface area contributed by atoms with Crippen molar-refractivity contribution in [2.24, 2.45) is 0 Å². The number of rotatable bonds is 7. The molecule has 4 N–H and O–H groups in total. The van der Waals surface area contributed by atoms with Gasteiger partial charge in [-0.3, -0.25) is 0 Å². The van der Waals surface area contributed by atoms with Crippen LogP contribution in [0.15, 0.2) is 23.7 Å². The third kappa shape index (κ3) is 4.68. The molecule has 0 amide bonds. The van der Waals surface area contributed by atoms with Crippen molar-refractivity contribution in [2.45, 2.75) is 63.3 Å². The van der Waals surface area contributed by atoms with Gasteiger partial charge in [-0.1, -0.05) is 13.3 Å². The van der Waals surface area contributed by atoms with Gasteiger partial charge in [-0.25, -0.2) is 0 Å². The molecule has 132 valence electrons. The number of aliphatic hydroxyl groups excluding tert-OH is 4. The van der Waals surface area contributed by atoms with Gasteiger partial charge in [0.2, 0.25) is 0 Å². The first kappa shape index (κ1) is 18.2. The fraction of sp³-hybridized carbons (Fsp3) is 0.750. The van der Waals surface area contributed by atoms with Gasteiger partial charge in [0.1, 0.15) is 18.3 Å². The molecule has 2 rings (SSSR count). The maximum absolute atomic E-state index is 10.3. The molecule has 0 radical (unpaired) electrons. The average molecular weight is 330 g/mol. The molecule has 0 bridgehead atoms. The van der Waals surface area contributed by atoms with Gasteiger partial charge in [-0.15, -0.1) is 0 Å². The van der Waals surface area contributed by atoms with Crippen molar-refractivity contribution in [3.8, 4) is 0 Å². The summed E-state index contributed by atoms with van der Waals surface area (Å²) in [4.78, 5) is 0. The summed E-state index contributed by atoms with van der Waals surface area (Å²) in [5.74, 6) is 0.850. The molecular weight excluding hydrogens is 304 g/mol. The zero-order valence-electron chi connectivity index (χ0n) is 13.3. The van der Waals surface area contributed by atoms with Crippen molar-refractivity contribution in [2.75, 3.05) is 13.2 Å². The van der Waals surface area contributed by atoms with Crippen molar-refractivity contribution >= 4 is 0 Å². The Bertz CT molecular complexity index is 434. The second-order valence-electron chi connectivity index (χ2n) is 5.80. The Hall–Kier alpha value is -1.12. The molecular formula is C16H26O7. The van der Waals surface area contributed by atoms with Crippen molar-refractivity contribution < 1.29 is 34.6 Å². The third-order valence-corrected chi connectivity index (χ3v) is 3.98. The molecule has 1 fully saturated rings. The van der Waals surface area contributed by atoms with Crippen LogP contribution in [0.1, 0.15) is 32.6 Å². The highest BCUT2D eigenvalue weighted by molar-refractivity contribution is 5.17. The molecule has 1 aliphatic heterocycles. The van der Waals surface area contributed by atoms with Crippen LogP contribution in [-0.2, 0) is 14.2 Å².